The number of Topliss-reactive ketones (excluding diaryl/α,β-unsaturated/α-hetero) is 1. The zero-order valence-corrected chi connectivity index (χ0v) is 21.8. The number of amides is 1. The molecule has 0 saturated carbocycles. The van der Waals surface area contributed by atoms with Gasteiger partial charge in [-0.25, -0.2) is 0 Å². The number of nitrogens with one attached hydrogen (secondary N) is 2. The van der Waals surface area contributed by atoms with Gasteiger partial charge in [-0.05, 0) is 47.2 Å². The molecule has 2 N–H and O–H groups in total. The number of alkyl halides is 3. The number of benzene rings is 3. The summed E-state index contributed by atoms with van der Waals surface area (Å²) in [5, 5.41) is 6.39. The van der Waals surface area contributed by atoms with E-state index in [-0.39, 0.29) is 23.7 Å². The maximum Gasteiger partial charge on any atom is 0.416 e. The number of nitrogens with zero attached hydrogens (tertiary/aromatic N) is 1. The second-order valence-corrected chi connectivity index (χ2v) is 10.9. The largest absolute Gasteiger partial charge is 0.416 e. The maximum absolute atomic E-state index is 13.7. The molecule has 0 aromatic heterocycles. The quantitative estimate of drug-likeness (QED) is 0.386. The Kier molecular flexibility index (Phi) is 6.97. The van der Waals surface area contributed by atoms with Gasteiger partial charge in [-0.15, -0.1) is 0 Å². The highest BCUT2D eigenvalue weighted by atomic mass is 19.4. The summed E-state index contributed by atoms with van der Waals surface area (Å²) in [5.74, 6) is -0.348. The lowest BCUT2D eigenvalue weighted by molar-refractivity contribution is -0.137. The highest BCUT2D eigenvalue weighted by Gasteiger charge is 2.42. The molecular weight excluding hydrogens is 503 g/mol. The average molecular weight is 534 g/mol. The molecule has 1 atom stereocenters. The van der Waals surface area contributed by atoms with E-state index in [1.165, 1.54) is 12.1 Å². The SMILES string of the molecule is CC1(C)CC(=O)C2=C(C1)Nc1ccccc1N(CC(=O)NCc1ccccc1)C2c1ccc(C(F)(F)F)cc1. The molecule has 8 heteroatoms. The Bertz CT molecular complexity index is 1410. The summed E-state index contributed by atoms with van der Waals surface area (Å²) in [7, 11) is 0. The molecule has 202 valence electrons. The van der Waals surface area contributed by atoms with Crippen LogP contribution >= 0.6 is 0 Å². The zero-order valence-electron chi connectivity index (χ0n) is 21.8. The second-order valence-electron chi connectivity index (χ2n) is 10.9. The second kappa shape index (κ2) is 10.2. The molecule has 5 rings (SSSR count). The molecule has 5 nitrogen and oxygen atoms in total. The highest BCUT2D eigenvalue weighted by molar-refractivity contribution is 6.01. The minimum atomic E-state index is -4.48. The number of hydrogen-bond acceptors (Lipinski definition) is 4. The van der Waals surface area contributed by atoms with Crippen LogP contribution in [0, 0.1) is 5.41 Å². The molecule has 0 bridgehead atoms. The number of ketones is 1. The number of carbonyl (C=O) groups excluding carboxylic acids is 2. The number of carbonyl (C=O) groups is 2. The molecule has 0 fully saturated rings. The van der Waals surface area contributed by atoms with Crippen LogP contribution < -0.4 is 15.5 Å². The van der Waals surface area contributed by atoms with Crippen molar-refractivity contribution in [2.24, 2.45) is 5.41 Å². The predicted molar refractivity (Wildman–Crippen MR) is 145 cm³/mol. The maximum atomic E-state index is 13.7. The Morgan fingerprint density at radius 2 is 1.64 bits per heavy atom. The van der Waals surface area contributed by atoms with Crippen LogP contribution in [0.15, 0.2) is 90.1 Å². The smallest absolute Gasteiger partial charge is 0.357 e. The van der Waals surface area contributed by atoms with Gasteiger partial charge < -0.3 is 15.5 Å². The van der Waals surface area contributed by atoms with Gasteiger partial charge >= 0.3 is 6.18 Å². The van der Waals surface area contributed by atoms with Crippen LogP contribution in [0.4, 0.5) is 24.5 Å². The third-order valence-electron chi connectivity index (χ3n) is 7.20. The highest BCUT2D eigenvalue weighted by Crippen LogP contribution is 2.48. The summed E-state index contributed by atoms with van der Waals surface area (Å²) >= 11 is 0. The van der Waals surface area contributed by atoms with Crippen molar-refractivity contribution in [3.8, 4) is 0 Å². The summed E-state index contributed by atoms with van der Waals surface area (Å²) in [4.78, 5) is 28.8. The Morgan fingerprint density at radius 3 is 2.33 bits per heavy atom. The van der Waals surface area contributed by atoms with Crippen molar-refractivity contribution in [3.63, 3.8) is 0 Å². The topological polar surface area (TPSA) is 61.4 Å². The zero-order chi connectivity index (χ0) is 27.8. The first-order valence-corrected chi connectivity index (χ1v) is 12.9. The van der Waals surface area contributed by atoms with E-state index in [2.05, 4.69) is 10.6 Å². The Hall–Kier alpha value is -4.07. The Labute approximate surface area is 225 Å². The van der Waals surface area contributed by atoms with Crippen molar-refractivity contribution >= 4 is 23.1 Å². The summed E-state index contributed by atoms with van der Waals surface area (Å²) in [6.45, 7) is 4.29. The molecule has 0 saturated heterocycles. The number of halogens is 3. The summed E-state index contributed by atoms with van der Waals surface area (Å²) in [5.41, 5.74) is 3.05. The van der Waals surface area contributed by atoms with E-state index in [4.69, 9.17) is 0 Å². The molecule has 0 spiro atoms. The lowest BCUT2D eigenvalue weighted by Crippen LogP contribution is -2.41. The third-order valence-corrected chi connectivity index (χ3v) is 7.20. The molecule has 3 aromatic rings. The molecule has 1 amide bonds. The fourth-order valence-electron chi connectivity index (χ4n) is 5.44. The van der Waals surface area contributed by atoms with E-state index in [1.807, 2.05) is 73.3 Å². The minimum Gasteiger partial charge on any atom is -0.357 e. The van der Waals surface area contributed by atoms with Crippen molar-refractivity contribution in [2.45, 2.75) is 45.5 Å². The van der Waals surface area contributed by atoms with E-state index < -0.39 is 17.8 Å². The van der Waals surface area contributed by atoms with Gasteiger partial charge in [0.1, 0.15) is 0 Å². The van der Waals surface area contributed by atoms with E-state index in [9.17, 15) is 22.8 Å². The molecule has 39 heavy (non-hydrogen) atoms. The molecule has 1 aliphatic heterocycles. The van der Waals surface area contributed by atoms with Crippen molar-refractivity contribution in [1.29, 1.82) is 0 Å². The molecular formula is C31H30F3N3O2. The summed E-state index contributed by atoms with van der Waals surface area (Å²) in [6, 6.07) is 21.1. The van der Waals surface area contributed by atoms with Crippen LogP contribution in [0.1, 0.15) is 49.4 Å². The third kappa shape index (κ3) is 5.70. The molecule has 3 aromatic carbocycles. The van der Waals surface area contributed by atoms with Crippen LogP contribution in [0.2, 0.25) is 0 Å². The van der Waals surface area contributed by atoms with Crippen molar-refractivity contribution in [1.82, 2.24) is 5.32 Å². The fraction of sp³-hybridized carbons (Fsp3) is 0.290. The van der Waals surface area contributed by atoms with Gasteiger partial charge in [0.2, 0.25) is 5.91 Å². The minimum absolute atomic E-state index is 0.0823. The molecule has 1 aliphatic carbocycles. The number of anilines is 2. The van der Waals surface area contributed by atoms with Crippen LogP contribution in [0.25, 0.3) is 0 Å². The number of fused-ring (bicyclic) bond motifs is 1. The summed E-state index contributed by atoms with van der Waals surface area (Å²) in [6.07, 6.45) is -3.59. The standard InChI is InChI=1S/C31H30F3N3O2/c1-30(2)16-24-28(26(38)17-30)29(21-12-14-22(15-13-21)31(32,33)34)37(25-11-7-6-10-23(25)36-24)19-27(39)35-18-20-8-4-3-5-9-20/h3-15,29,36H,16-19H2,1-2H3,(H,35,39). The van der Waals surface area contributed by atoms with Crippen LogP contribution in [-0.2, 0) is 22.3 Å². The van der Waals surface area contributed by atoms with Crippen LogP contribution in [-0.4, -0.2) is 18.2 Å². The monoisotopic (exact) mass is 533 g/mol. The van der Waals surface area contributed by atoms with Gasteiger partial charge in [0, 0.05) is 24.2 Å². The van der Waals surface area contributed by atoms with Gasteiger partial charge in [0.15, 0.2) is 5.78 Å². The first-order valence-electron chi connectivity index (χ1n) is 12.9. The van der Waals surface area contributed by atoms with Gasteiger partial charge in [0.25, 0.3) is 0 Å². The first-order chi connectivity index (χ1) is 18.5. The van der Waals surface area contributed by atoms with Gasteiger partial charge in [-0.2, -0.15) is 13.2 Å². The molecule has 2 aliphatic rings. The van der Waals surface area contributed by atoms with E-state index in [1.54, 1.807) is 0 Å². The van der Waals surface area contributed by atoms with E-state index in [0.29, 0.717) is 36.2 Å². The average Bonchev–Trinajstić information content (AvgIpc) is 3.01. The van der Waals surface area contributed by atoms with Gasteiger partial charge in [0.05, 0.1) is 29.5 Å². The lowest BCUT2D eigenvalue weighted by atomic mass is 9.73. The Morgan fingerprint density at radius 1 is 0.974 bits per heavy atom. The van der Waals surface area contributed by atoms with Crippen LogP contribution in [0.5, 0.6) is 0 Å². The lowest BCUT2D eigenvalue weighted by Gasteiger charge is -2.38. The molecule has 0 radical (unpaired) electrons. The van der Waals surface area contributed by atoms with Crippen molar-refractivity contribution < 1.29 is 22.8 Å². The number of para-hydroxylation sites is 2. The fourth-order valence-corrected chi connectivity index (χ4v) is 5.44. The van der Waals surface area contributed by atoms with Gasteiger partial charge in [-0.1, -0.05) is 68.4 Å². The first kappa shape index (κ1) is 26.5. The van der Waals surface area contributed by atoms with Crippen molar-refractivity contribution in [2.75, 3.05) is 16.8 Å². The summed E-state index contributed by atoms with van der Waals surface area (Å²) < 4.78 is 40.1. The van der Waals surface area contributed by atoms with Crippen LogP contribution in [0.3, 0.4) is 0 Å². The van der Waals surface area contributed by atoms with Gasteiger partial charge in [-0.3, -0.25) is 9.59 Å². The normalized spacial score (nSPS) is 18.5. The molecule has 1 heterocycles. The number of hydrogen-bond donors (Lipinski definition) is 2. The molecule has 1 unspecified atom stereocenters. The Balaban J connectivity index is 1.59. The van der Waals surface area contributed by atoms with E-state index >= 15 is 0 Å². The number of rotatable bonds is 5. The van der Waals surface area contributed by atoms with E-state index in [0.717, 1.165) is 29.1 Å². The number of allylic oxidation sites excluding steroid dienone is 1. The van der Waals surface area contributed by atoms with Crippen molar-refractivity contribution in [3.05, 3.63) is 107 Å². The predicted octanol–water partition coefficient (Wildman–Crippen LogP) is 6.64.